The minimum Gasteiger partial charge on any atom is -0.324 e. The van der Waals surface area contributed by atoms with Crippen molar-refractivity contribution in [3.63, 3.8) is 0 Å². The zero-order chi connectivity index (χ0) is 13.9. The van der Waals surface area contributed by atoms with Crippen LogP contribution in [0.15, 0.2) is 0 Å². The Bertz CT molecular complexity index is 168. The van der Waals surface area contributed by atoms with Gasteiger partial charge in [-0.25, -0.2) is 0 Å². The molecule has 1 unspecified atom stereocenters. The first-order valence-electron chi connectivity index (χ1n) is 8.44. The SMILES string of the molecule is CCCCCCC(C)[N+](C)(CCCC)CCCC. The summed E-state index contributed by atoms with van der Waals surface area (Å²) in [5.41, 5.74) is 0. The van der Waals surface area contributed by atoms with Crippen molar-refractivity contribution < 1.29 is 4.48 Å². The van der Waals surface area contributed by atoms with Crippen molar-refractivity contribution in [2.24, 2.45) is 0 Å². The van der Waals surface area contributed by atoms with Crippen LogP contribution in [0.5, 0.6) is 0 Å². The van der Waals surface area contributed by atoms with Crippen LogP contribution < -0.4 is 0 Å². The molecule has 0 aliphatic carbocycles. The third kappa shape index (κ3) is 7.41. The molecule has 18 heavy (non-hydrogen) atoms. The van der Waals surface area contributed by atoms with E-state index in [1.165, 1.54) is 75.4 Å². The highest BCUT2D eigenvalue weighted by Gasteiger charge is 2.27. The molecular weight excluding hydrogens is 218 g/mol. The lowest BCUT2D eigenvalue weighted by Gasteiger charge is -2.40. The van der Waals surface area contributed by atoms with Crippen molar-refractivity contribution in [2.45, 2.75) is 91.5 Å². The second-order valence-electron chi connectivity index (χ2n) is 6.33. The molecule has 110 valence electrons. The standard InChI is InChI=1S/C17H38N/c1-6-9-12-13-14-17(4)18(5,15-10-7-2)16-11-8-3/h17H,6-16H2,1-5H3/q+1. The van der Waals surface area contributed by atoms with Crippen LogP contribution in [-0.4, -0.2) is 30.7 Å². The Morgan fingerprint density at radius 1 is 0.722 bits per heavy atom. The van der Waals surface area contributed by atoms with Crippen LogP contribution in [0.2, 0.25) is 0 Å². The molecule has 0 radical (unpaired) electrons. The van der Waals surface area contributed by atoms with Gasteiger partial charge in [-0.2, -0.15) is 0 Å². The molecule has 0 aromatic rings. The summed E-state index contributed by atoms with van der Waals surface area (Å²) < 4.78 is 1.31. The molecule has 0 aromatic heterocycles. The number of hydrogen-bond donors (Lipinski definition) is 0. The quantitative estimate of drug-likeness (QED) is 0.324. The number of nitrogens with zero attached hydrogens (tertiary/aromatic N) is 1. The molecule has 0 rings (SSSR count). The third-order valence-corrected chi connectivity index (χ3v) is 4.58. The Hall–Kier alpha value is -0.0400. The molecule has 0 aromatic carbocycles. The summed E-state index contributed by atoms with van der Waals surface area (Å²) in [6.07, 6.45) is 12.5. The van der Waals surface area contributed by atoms with Gasteiger partial charge in [-0.1, -0.05) is 52.9 Å². The summed E-state index contributed by atoms with van der Waals surface area (Å²) in [7, 11) is 2.50. The summed E-state index contributed by atoms with van der Waals surface area (Å²) in [5, 5.41) is 0. The monoisotopic (exact) mass is 256 g/mol. The Morgan fingerprint density at radius 2 is 1.22 bits per heavy atom. The van der Waals surface area contributed by atoms with Gasteiger partial charge in [-0.15, -0.1) is 0 Å². The summed E-state index contributed by atoms with van der Waals surface area (Å²) in [6.45, 7) is 12.2. The lowest BCUT2D eigenvalue weighted by atomic mass is 10.0. The third-order valence-electron chi connectivity index (χ3n) is 4.58. The van der Waals surface area contributed by atoms with Crippen LogP contribution in [0.3, 0.4) is 0 Å². The second kappa shape index (κ2) is 10.8. The van der Waals surface area contributed by atoms with Crippen LogP contribution in [0.4, 0.5) is 0 Å². The fraction of sp³-hybridized carbons (Fsp3) is 1.00. The Labute approximate surface area is 117 Å². The van der Waals surface area contributed by atoms with Crippen molar-refractivity contribution in [1.82, 2.24) is 0 Å². The smallest absolute Gasteiger partial charge is 0.0859 e. The van der Waals surface area contributed by atoms with Crippen LogP contribution in [0.25, 0.3) is 0 Å². The largest absolute Gasteiger partial charge is 0.324 e. The minimum absolute atomic E-state index is 0.847. The van der Waals surface area contributed by atoms with Gasteiger partial charge in [-0.3, -0.25) is 0 Å². The maximum atomic E-state index is 2.50. The zero-order valence-corrected chi connectivity index (χ0v) is 13.8. The molecule has 0 bridgehead atoms. The fourth-order valence-electron chi connectivity index (χ4n) is 2.77. The number of hydrogen-bond acceptors (Lipinski definition) is 0. The van der Waals surface area contributed by atoms with E-state index in [4.69, 9.17) is 0 Å². The molecule has 0 saturated carbocycles. The Kier molecular flexibility index (Phi) is 10.8. The minimum atomic E-state index is 0.847. The highest BCUT2D eigenvalue weighted by atomic mass is 15.3. The molecule has 0 aliphatic heterocycles. The molecular formula is C17H38N+. The Balaban J connectivity index is 4.15. The summed E-state index contributed by atoms with van der Waals surface area (Å²) in [5.74, 6) is 0. The van der Waals surface area contributed by atoms with Crippen LogP contribution in [-0.2, 0) is 0 Å². The van der Waals surface area contributed by atoms with Crippen molar-refractivity contribution >= 4 is 0 Å². The van der Waals surface area contributed by atoms with Crippen LogP contribution in [0.1, 0.15) is 85.5 Å². The first-order valence-corrected chi connectivity index (χ1v) is 8.44. The second-order valence-corrected chi connectivity index (χ2v) is 6.33. The molecule has 1 atom stereocenters. The molecule has 1 heteroatoms. The zero-order valence-electron chi connectivity index (χ0n) is 13.8. The van der Waals surface area contributed by atoms with Crippen molar-refractivity contribution in [1.29, 1.82) is 0 Å². The van der Waals surface area contributed by atoms with Gasteiger partial charge >= 0.3 is 0 Å². The summed E-state index contributed by atoms with van der Waals surface area (Å²) >= 11 is 0. The molecule has 0 N–H and O–H groups in total. The highest BCUT2D eigenvalue weighted by molar-refractivity contribution is 4.56. The molecule has 0 fully saturated rings. The van der Waals surface area contributed by atoms with E-state index in [9.17, 15) is 0 Å². The van der Waals surface area contributed by atoms with Gasteiger partial charge in [0.1, 0.15) is 0 Å². The number of unbranched alkanes of at least 4 members (excludes halogenated alkanes) is 5. The van der Waals surface area contributed by atoms with E-state index in [2.05, 4.69) is 34.7 Å². The highest BCUT2D eigenvalue weighted by Crippen LogP contribution is 2.19. The number of quaternary nitrogens is 1. The van der Waals surface area contributed by atoms with E-state index in [0.717, 1.165) is 6.04 Å². The fourth-order valence-corrected chi connectivity index (χ4v) is 2.77. The van der Waals surface area contributed by atoms with Gasteiger partial charge in [0.05, 0.1) is 26.2 Å². The lowest BCUT2D eigenvalue weighted by molar-refractivity contribution is -0.932. The predicted octanol–water partition coefficient (Wildman–Crippen LogP) is 5.39. The topological polar surface area (TPSA) is 0 Å². The first kappa shape index (κ1) is 18.0. The van der Waals surface area contributed by atoms with Crippen molar-refractivity contribution in [3.05, 3.63) is 0 Å². The van der Waals surface area contributed by atoms with Gasteiger partial charge in [0.15, 0.2) is 0 Å². The average molecular weight is 256 g/mol. The summed E-state index contributed by atoms with van der Waals surface area (Å²) in [4.78, 5) is 0. The lowest BCUT2D eigenvalue weighted by Crippen LogP contribution is -2.52. The van der Waals surface area contributed by atoms with Gasteiger partial charge in [-0.05, 0) is 32.6 Å². The van der Waals surface area contributed by atoms with Gasteiger partial charge in [0.25, 0.3) is 0 Å². The molecule has 0 amide bonds. The van der Waals surface area contributed by atoms with Crippen LogP contribution in [0, 0.1) is 0 Å². The van der Waals surface area contributed by atoms with Gasteiger partial charge in [0.2, 0.25) is 0 Å². The Morgan fingerprint density at radius 3 is 1.67 bits per heavy atom. The summed E-state index contributed by atoms with van der Waals surface area (Å²) in [6, 6.07) is 0.847. The molecule has 0 aliphatic rings. The van der Waals surface area contributed by atoms with Crippen LogP contribution >= 0.6 is 0 Å². The van der Waals surface area contributed by atoms with Crippen molar-refractivity contribution in [2.75, 3.05) is 20.1 Å². The van der Waals surface area contributed by atoms with E-state index in [-0.39, 0.29) is 0 Å². The maximum absolute atomic E-state index is 2.50. The molecule has 0 saturated heterocycles. The molecule has 0 spiro atoms. The number of rotatable bonds is 12. The normalized spacial score (nSPS) is 13.8. The maximum Gasteiger partial charge on any atom is 0.0859 e. The van der Waals surface area contributed by atoms with E-state index in [1.54, 1.807) is 0 Å². The van der Waals surface area contributed by atoms with E-state index in [0.29, 0.717) is 0 Å². The average Bonchev–Trinajstić information content (AvgIpc) is 2.38. The first-order chi connectivity index (χ1) is 8.60. The molecule has 1 nitrogen and oxygen atoms in total. The predicted molar refractivity (Wildman–Crippen MR) is 84.0 cm³/mol. The van der Waals surface area contributed by atoms with Crippen molar-refractivity contribution in [3.8, 4) is 0 Å². The van der Waals surface area contributed by atoms with Gasteiger partial charge in [0, 0.05) is 0 Å². The van der Waals surface area contributed by atoms with E-state index >= 15 is 0 Å². The van der Waals surface area contributed by atoms with E-state index < -0.39 is 0 Å². The van der Waals surface area contributed by atoms with Gasteiger partial charge < -0.3 is 4.48 Å². The molecule has 0 heterocycles. The van der Waals surface area contributed by atoms with E-state index in [1.807, 2.05) is 0 Å².